The first kappa shape index (κ1) is 16.8. The van der Waals surface area contributed by atoms with Gasteiger partial charge in [0.15, 0.2) is 0 Å². The maximum Gasteiger partial charge on any atom is 0.336 e. The van der Waals surface area contributed by atoms with Crippen LogP contribution in [0.3, 0.4) is 0 Å². The Hall–Kier alpha value is -1.30. The van der Waals surface area contributed by atoms with Gasteiger partial charge in [-0.05, 0) is 24.5 Å². The summed E-state index contributed by atoms with van der Waals surface area (Å²) in [6.45, 7) is 3.59. The Morgan fingerprint density at radius 1 is 1.35 bits per heavy atom. The Kier molecular flexibility index (Phi) is 6.26. The van der Waals surface area contributed by atoms with E-state index in [-0.39, 0.29) is 33.8 Å². The maximum atomic E-state index is 13.1. The van der Waals surface area contributed by atoms with Gasteiger partial charge in [0, 0.05) is 11.3 Å². The Labute approximate surface area is 119 Å². The molecule has 0 saturated heterocycles. The highest BCUT2D eigenvalue weighted by Crippen LogP contribution is 2.31. The third-order valence-corrected chi connectivity index (χ3v) is 4.62. The fourth-order valence-electron chi connectivity index (χ4n) is 2.02. The van der Waals surface area contributed by atoms with Gasteiger partial charge in [0.05, 0.1) is 21.3 Å². The molecule has 112 valence electrons. The molecule has 20 heavy (non-hydrogen) atoms. The van der Waals surface area contributed by atoms with Gasteiger partial charge in [-0.3, -0.25) is 4.21 Å². The zero-order valence-corrected chi connectivity index (χ0v) is 12.3. The molecule has 0 bridgehead atoms. The smallest absolute Gasteiger partial charge is 0.336 e. The number of alkyl halides is 2. The van der Waals surface area contributed by atoms with Crippen LogP contribution in [-0.2, 0) is 17.2 Å². The highest BCUT2D eigenvalue weighted by Gasteiger charge is 2.24. The number of carboxylic acids is 1. The van der Waals surface area contributed by atoms with Crippen LogP contribution in [0, 0.1) is 0 Å². The van der Waals surface area contributed by atoms with Gasteiger partial charge < -0.3 is 5.11 Å². The predicted octanol–water partition coefficient (Wildman–Crippen LogP) is 3.79. The summed E-state index contributed by atoms with van der Waals surface area (Å²) in [5.74, 6) is -0.914. The fourth-order valence-corrected chi connectivity index (χ4v) is 3.72. The minimum Gasteiger partial charge on any atom is -0.478 e. The van der Waals surface area contributed by atoms with E-state index in [1.54, 1.807) is 6.92 Å². The minimum atomic E-state index is -2.76. The molecular weight excluding hydrogens is 286 g/mol. The molecular formula is C14H18F2O3S. The third kappa shape index (κ3) is 3.62. The molecule has 1 aromatic carbocycles. The molecule has 1 N–H and O–H groups in total. The van der Waals surface area contributed by atoms with Gasteiger partial charge >= 0.3 is 5.97 Å². The average molecular weight is 304 g/mol. The first-order valence-corrected chi connectivity index (χ1v) is 7.81. The number of hydrogen-bond donors (Lipinski definition) is 1. The Morgan fingerprint density at radius 2 is 2.00 bits per heavy atom. The van der Waals surface area contributed by atoms with Gasteiger partial charge in [0.1, 0.15) is 0 Å². The number of unbranched alkanes of at least 4 members (excludes halogenated alkanes) is 1. The molecule has 0 heterocycles. The maximum absolute atomic E-state index is 13.1. The monoisotopic (exact) mass is 304 g/mol. The second kappa shape index (κ2) is 7.47. The molecule has 6 heteroatoms. The molecule has 1 atom stereocenters. The van der Waals surface area contributed by atoms with Crippen molar-refractivity contribution in [3.8, 4) is 0 Å². The number of rotatable bonds is 7. The number of hydrogen-bond acceptors (Lipinski definition) is 2. The number of benzene rings is 1. The van der Waals surface area contributed by atoms with E-state index in [1.807, 2.05) is 6.92 Å². The van der Waals surface area contributed by atoms with Gasteiger partial charge in [-0.1, -0.05) is 26.3 Å². The molecule has 0 unspecified atom stereocenters. The van der Waals surface area contributed by atoms with Crippen molar-refractivity contribution in [3.05, 3.63) is 28.8 Å². The molecule has 0 aliphatic rings. The SMILES string of the molecule is CCCC[S@](=O)c1c(C(F)F)ccc(C(=O)O)c1CC. The summed E-state index contributed by atoms with van der Waals surface area (Å²) < 4.78 is 38.4. The van der Waals surface area contributed by atoms with Crippen molar-refractivity contribution in [1.29, 1.82) is 0 Å². The first-order valence-electron chi connectivity index (χ1n) is 6.49. The molecule has 3 nitrogen and oxygen atoms in total. The van der Waals surface area contributed by atoms with E-state index < -0.39 is 23.2 Å². The van der Waals surface area contributed by atoms with E-state index in [4.69, 9.17) is 5.11 Å². The number of halogens is 2. The lowest BCUT2D eigenvalue weighted by atomic mass is 10.0. The summed E-state index contributed by atoms with van der Waals surface area (Å²) in [4.78, 5) is 11.2. The van der Waals surface area contributed by atoms with Gasteiger partial charge in [0.25, 0.3) is 6.43 Å². The van der Waals surface area contributed by atoms with Crippen LogP contribution in [0.25, 0.3) is 0 Å². The van der Waals surface area contributed by atoms with E-state index in [0.29, 0.717) is 6.42 Å². The molecule has 0 aliphatic heterocycles. The standard InChI is InChI=1S/C14H18F2O3S/c1-3-5-8-20(19)12-9(4-2)10(14(17)18)6-7-11(12)13(15)16/h6-7,13H,3-5,8H2,1-2H3,(H,17,18)/t20-/m0/s1. The number of carbonyl (C=O) groups is 1. The molecule has 0 spiro atoms. The highest BCUT2D eigenvalue weighted by molar-refractivity contribution is 7.85. The quantitative estimate of drug-likeness (QED) is 0.833. The van der Waals surface area contributed by atoms with Crippen molar-refractivity contribution in [3.63, 3.8) is 0 Å². The van der Waals surface area contributed by atoms with Crippen LogP contribution < -0.4 is 0 Å². The van der Waals surface area contributed by atoms with Crippen molar-refractivity contribution in [1.82, 2.24) is 0 Å². The van der Waals surface area contributed by atoms with Crippen LogP contribution in [0.2, 0.25) is 0 Å². The summed E-state index contributed by atoms with van der Waals surface area (Å²) in [7, 11) is -1.60. The zero-order chi connectivity index (χ0) is 15.3. The minimum absolute atomic E-state index is 0.0100. The van der Waals surface area contributed by atoms with E-state index >= 15 is 0 Å². The lowest BCUT2D eigenvalue weighted by molar-refractivity contribution is 0.0694. The predicted molar refractivity (Wildman–Crippen MR) is 73.9 cm³/mol. The Morgan fingerprint density at radius 3 is 2.45 bits per heavy atom. The normalized spacial score (nSPS) is 12.7. The van der Waals surface area contributed by atoms with Crippen LogP contribution >= 0.6 is 0 Å². The van der Waals surface area contributed by atoms with Crippen LogP contribution in [-0.4, -0.2) is 21.0 Å². The zero-order valence-electron chi connectivity index (χ0n) is 11.5. The van der Waals surface area contributed by atoms with Crippen LogP contribution in [0.4, 0.5) is 8.78 Å². The molecule has 0 amide bonds. The van der Waals surface area contributed by atoms with Gasteiger partial charge in [0.2, 0.25) is 0 Å². The van der Waals surface area contributed by atoms with Crippen molar-refractivity contribution >= 4 is 16.8 Å². The molecule has 0 aromatic heterocycles. The molecule has 0 radical (unpaired) electrons. The second-order valence-electron chi connectivity index (χ2n) is 4.37. The van der Waals surface area contributed by atoms with Crippen LogP contribution in [0.5, 0.6) is 0 Å². The second-order valence-corrected chi connectivity index (χ2v) is 5.88. The average Bonchev–Trinajstić information content (AvgIpc) is 2.42. The topological polar surface area (TPSA) is 54.4 Å². The molecule has 0 aliphatic carbocycles. The van der Waals surface area contributed by atoms with Crippen molar-refractivity contribution in [2.75, 3.05) is 5.75 Å². The Bertz CT molecular complexity index is 515. The highest BCUT2D eigenvalue weighted by atomic mass is 32.2. The van der Waals surface area contributed by atoms with Crippen molar-refractivity contribution in [2.45, 2.75) is 44.4 Å². The van der Waals surface area contributed by atoms with Crippen molar-refractivity contribution < 1.29 is 22.9 Å². The molecule has 1 aromatic rings. The molecule has 0 saturated carbocycles. The van der Waals surface area contributed by atoms with Gasteiger partial charge in [-0.25, -0.2) is 13.6 Å². The largest absolute Gasteiger partial charge is 0.478 e. The van der Waals surface area contributed by atoms with E-state index in [0.717, 1.165) is 12.5 Å². The van der Waals surface area contributed by atoms with E-state index in [2.05, 4.69) is 0 Å². The fraction of sp³-hybridized carbons (Fsp3) is 0.500. The summed E-state index contributed by atoms with van der Waals surface area (Å²) in [5, 5.41) is 9.12. The van der Waals surface area contributed by atoms with Gasteiger partial charge in [-0.2, -0.15) is 0 Å². The van der Waals surface area contributed by atoms with Gasteiger partial charge in [-0.15, -0.1) is 0 Å². The van der Waals surface area contributed by atoms with E-state index in [9.17, 15) is 17.8 Å². The first-order chi connectivity index (χ1) is 9.43. The van der Waals surface area contributed by atoms with Crippen LogP contribution in [0.1, 0.15) is 54.6 Å². The third-order valence-electron chi connectivity index (χ3n) is 3.02. The lowest BCUT2D eigenvalue weighted by Gasteiger charge is -2.15. The van der Waals surface area contributed by atoms with Crippen LogP contribution in [0.15, 0.2) is 17.0 Å². The van der Waals surface area contributed by atoms with E-state index in [1.165, 1.54) is 6.07 Å². The lowest BCUT2D eigenvalue weighted by Crippen LogP contribution is -2.11. The summed E-state index contributed by atoms with van der Waals surface area (Å²) in [6, 6.07) is 2.25. The Balaban J connectivity index is 3.44. The summed E-state index contributed by atoms with van der Waals surface area (Å²) >= 11 is 0. The van der Waals surface area contributed by atoms with Crippen molar-refractivity contribution in [2.24, 2.45) is 0 Å². The molecule has 0 fully saturated rings. The molecule has 1 rings (SSSR count). The number of aromatic carboxylic acids is 1. The summed E-state index contributed by atoms with van der Waals surface area (Å²) in [5.41, 5.74) is -0.109. The number of carboxylic acid groups (broad SMARTS) is 1. The summed E-state index contributed by atoms with van der Waals surface area (Å²) in [6.07, 6.45) is -1.05.